The number of aliphatic carboxylic acids is 1. The van der Waals surface area contributed by atoms with E-state index >= 15 is 0 Å². The lowest BCUT2D eigenvalue weighted by atomic mass is 9.63. The molecule has 0 aromatic carbocycles. The zero-order valence-corrected chi connectivity index (χ0v) is 13.2. The quantitative estimate of drug-likeness (QED) is 0.742. The summed E-state index contributed by atoms with van der Waals surface area (Å²) in [6, 6.07) is -0.486. The standard InChI is InChI=1S/C15H28N2O3/c1-10(6-12(18)19)16-13(20)17-11-7-14(2,3)9-15(4,5)8-11/h10-11H,6-9H2,1-5H3,(H,18,19)(H2,16,17,20). The minimum Gasteiger partial charge on any atom is -0.481 e. The minimum absolute atomic E-state index is 0.0604. The maximum absolute atomic E-state index is 11.9. The third-order valence-corrected chi connectivity index (χ3v) is 3.75. The number of carboxylic acid groups (broad SMARTS) is 1. The summed E-state index contributed by atoms with van der Waals surface area (Å²) in [7, 11) is 0. The lowest BCUT2D eigenvalue weighted by molar-refractivity contribution is -0.137. The molecule has 0 aromatic heterocycles. The molecular formula is C15H28N2O3. The molecule has 0 spiro atoms. The molecule has 5 nitrogen and oxygen atoms in total. The van der Waals surface area contributed by atoms with Crippen molar-refractivity contribution in [3.63, 3.8) is 0 Å². The van der Waals surface area contributed by atoms with E-state index in [9.17, 15) is 9.59 Å². The van der Waals surface area contributed by atoms with E-state index in [1.54, 1.807) is 6.92 Å². The van der Waals surface area contributed by atoms with Gasteiger partial charge in [-0.2, -0.15) is 0 Å². The highest BCUT2D eigenvalue weighted by Gasteiger charge is 2.38. The Kier molecular flexibility index (Phi) is 5.05. The van der Waals surface area contributed by atoms with Crippen molar-refractivity contribution in [2.24, 2.45) is 10.8 Å². The van der Waals surface area contributed by atoms with Crippen LogP contribution in [0.2, 0.25) is 0 Å². The van der Waals surface area contributed by atoms with E-state index < -0.39 is 5.97 Å². The van der Waals surface area contributed by atoms with E-state index in [4.69, 9.17) is 5.11 Å². The molecule has 0 bridgehead atoms. The molecule has 1 saturated carbocycles. The summed E-state index contributed by atoms with van der Waals surface area (Å²) in [5, 5.41) is 14.4. The van der Waals surface area contributed by atoms with E-state index in [0.717, 1.165) is 19.3 Å². The Labute approximate surface area is 121 Å². The molecule has 0 aromatic rings. The molecule has 0 aliphatic heterocycles. The van der Waals surface area contributed by atoms with Crippen LogP contribution in [-0.2, 0) is 4.79 Å². The first-order chi connectivity index (χ1) is 8.99. The minimum atomic E-state index is -0.905. The highest BCUT2D eigenvalue weighted by Crippen LogP contribution is 2.45. The second-order valence-corrected chi connectivity index (χ2v) is 7.73. The summed E-state index contributed by atoms with van der Waals surface area (Å²) in [6.07, 6.45) is 3.00. The number of nitrogens with one attached hydrogen (secondary N) is 2. The third-order valence-electron chi connectivity index (χ3n) is 3.75. The van der Waals surface area contributed by atoms with Crippen molar-refractivity contribution in [2.45, 2.75) is 72.4 Å². The smallest absolute Gasteiger partial charge is 0.315 e. The molecule has 3 N–H and O–H groups in total. The van der Waals surface area contributed by atoms with Crippen molar-refractivity contribution < 1.29 is 14.7 Å². The van der Waals surface area contributed by atoms with Crippen molar-refractivity contribution in [1.82, 2.24) is 10.6 Å². The van der Waals surface area contributed by atoms with Gasteiger partial charge in [0.2, 0.25) is 0 Å². The fourth-order valence-corrected chi connectivity index (χ4v) is 3.71. The molecule has 0 heterocycles. The fourth-order valence-electron chi connectivity index (χ4n) is 3.71. The zero-order valence-electron chi connectivity index (χ0n) is 13.2. The first-order valence-corrected chi connectivity index (χ1v) is 7.28. The largest absolute Gasteiger partial charge is 0.481 e. The topological polar surface area (TPSA) is 78.4 Å². The van der Waals surface area contributed by atoms with Crippen molar-refractivity contribution in [3.05, 3.63) is 0 Å². The molecule has 2 amide bonds. The molecule has 1 rings (SSSR count). The van der Waals surface area contributed by atoms with Crippen LogP contribution in [0.15, 0.2) is 0 Å². The average Bonchev–Trinajstić information content (AvgIpc) is 2.08. The van der Waals surface area contributed by atoms with E-state index in [1.807, 2.05) is 0 Å². The molecule has 1 unspecified atom stereocenters. The van der Waals surface area contributed by atoms with Gasteiger partial charge in [0.15, 0.2) is 0 Å². The van der Waals surface area contributed by atoms with Gasteiger partial charge < -0.3 is 15.7 Å². The Morgan fingerprint density at radius 1 is 1.20 bits per heavy atom. The monoisotopic (exact) mass is 284 g/mol. The Balaban J connectivity index is 2.51. The lowest BCUT2D eigenvalue weighted by Gasteiger charge is -2.45. The van der Waals surface area contributed by atoms with Gasteiger partial charge in [0.05, 0.1) is 6.42 Å². The molecule has 0 radical (unpaired) electrons. The van der Waals surface area contributed by atoms with Crippen LogP contribution in [0.1, 0.15) is 60.3 Å². The Bertz CT molecular complexity index is 361. The van der Waals surface area contributed by atoms with Crippen molar-refractivity contribution in [3.8, 4) is 0 Å². The molecular weight excluding hydrogens is 256 g/mol. The first-order valence-electron chi connectivity index (χ1n) is 7.28. The van der Waals surface area contributed by atoms with Gasteiger partial charge in [-0.25, -0.2) is 4.79 Å². The maximum Gasteiger partial charge on any atom is 0.315 e. The second kappa shape index (κ2) is 6.02. The van der Waals surface area contributed by atoms with Crippen LogP contribution in [0.25, 0.3) is 0 Å². The number of urea groups is 1. The van der Waals surface area contributed by atoms with Gasteiger partial charge in [0.25, 0.3) is 0 Å². The van der Waals surface area contributed by atoms with E-state index in [-0.39, 0.29) is 35.4 Å². The number of amides is 2. The van der Waals surface area contributed by atoms with Crippen LogP contribution >= 0.6 is 0 Å². The van der Waals surface area contributed by atoms with Gasteiger partial charge in [0, 0.05) is 12.1 Å². The molecule has 1 fully saturated rings. The normalized spacial score (nSPS) is 22.9. The number of rotatable bonds is 4. The van der Waals surface area contributed by atoms with Gasteiger partial charge in [-0.15, -0.1) is 0 Å². The summed E-state index contributed by atoms with van der Waals surface area (Å²) in [6.45, 7) is 10.6. The number of hydrogen-bond acceptors (Lipinski definition) is 2. The van der Waals surface area contributed by atoms with Crippen LogP contribution in [0.5, 0.6) is 0 Å². The highest BCUT2D eigenvalue weighted by molar-refractivity contribution is 5.75. The molecule has 20 heavy (non-hydrogen) atoms. The number of carbonyl (C=O) groups excluding carboxylic acids is 1. The molecule has 1 aliphatic carbocycles. The molecule has 1 aliphatic rings. The van der Waals surface area contributed by atoms with Crippen LogP contribution < -0.4 is 10.6 Å². The Morgan fingerprint density at radius 2 is 1.70 bits per heavy atom. The van der Waals surface area contributed by atoms with Crippen molar-refractivity contribution in [1.29, 1.82) is 0 Å². The fraction of sp³-hybridized carbons (Fsp3) is 0.867. The molecule has 116 valence electrons. The summed E-state index contributed by atoms with van der Waals surface area (Å²) in [5.41, 5.74) is 0.429. The number of carboxylic acids is 1. The van der Waals surface area contributed by atoms with E-state index in [2.05, 4.69) is 38.3 Å². The highest BCUT2D eigenvalue weighted by atomic mass is 16.4. The molecule has 0 saturated heterocycles. The predicted octanol–water partition coefficient (Wildman–Crippen LogP) is 2.75. The van der Waals surface area contributed by atoms with Gasteiger partial charge in [0.1, 0.15) is 0 Å². The van der Waals surface area contributed by atoms with Gasteiger partial charge >= 0.3 is 12.0 Å². The zero-order chi connectivity index (χ0) is 15.6. The number of hydrogen-bond donors (Lipinski definition) is 3. The van der Waals surface area contributed by atoms with Gasteiger partial charge in [-0.3, -0.25) is 4.79 Å². The van der Waals surface area contributed by atoms with Crippen LogP contribution in [0.3, 0.4) is 0 Å². The van der Waals surface area contributed by atoms with Gasteiger partial charge in [-0.05, 0) is 37.0 Å². The lowest BCUT2D eigenvalue weighted by Crippen LogP contribution is -2.50. The maximum atomic E-state index is 11.9. The summed E-state index contributed by atoms with van der Waals surface area (Å²) >= 11 is 0. The SMILES string of the molecule is CC(CC(=O)O)NC(=O)NC1CC(C)(C)CC(C)(C)C1. The van der Waals surface area contributed by atoms with Crippen LogP contribution in [0, 0.1) is 10.8 Å². The van der Waals surface area contributed by atoms with Crippen molar-refractivity contribution >= 4 is 12.0 Å². The van der Waals surface area contributed by atoms with Crippen LogP contribution in [0.4, 0.5) is 4.79 Å². The Morgan fingerprint density at radius 3 is 2.15 bits per heavy atom. The molecule has 1 atom stereocenters. The van der Waals surface area contributed by atoms with Gasteiger partial charge in [-0.1, -0.05) is 27.7 Å². The second-order valence-electron chi connectivity index (χ2n) is 7.73. The molecule has 5 heteroatoms. The first kappa shape index (κ1) is 16.8. The summed E-state index contributed by atoms with van der Waals surface area (Å²) in [4.78, 5) is 22.5. The Hall–Kier alpha value is -1.26. The third kappa shape index (κ3) is 5.80. The average molecular weight is 284 g/mol. The number of carbonyl (C=O) groups is 2. The van der Waals surface area contributed by atoms with E-state index in [0.29, 0.717) is 0 Å². The predicted molar refractivity (Wildman–Crippen MR) is 78.6 cm³/mol. The van der Waals surface area contributed by atoms with Crippen LogP contribution in [-0.4, -0.2) is 29.2 Å². The van der Waals surface area contributed by atoms with Crippen molar-refractivity contribution in [2.75, 3.05) is 0 Å². The summed E-state index contributed by atoms with van der Waals surface area (Å²) < 4.78 is 0. The summed E-state index contributed by atoms with van der Waals surface area (Å²) in [5.74, 6) is -0.905. The van der Waals surface area contributed by atoms with E-state index in [1.165, 1.54) is 0 Å².